The molecule has 0 fully saturated rings. The van der Waals surface area contributed by atoms with Gasteiger partial charge in [-0.1, -0.05) is 45.4 Å². The fourth-order valence-corrected chi connectivity index (χ4v) is 3.10. The summed E-state index contributed by atoms with van der Waals surface area (Å²) in [4.78, 5) is 11.1. The Hall–Kier alpha value is -1.07. The Morgan fingerprint density at radius 1 is 1.19 bits per heavy atom. The van der Waals surface area contributed by atoms with Crippen LogP contribution in [0.5, 0.6) is 0 Å². The number of carboxylic acid groups (broad SMARTS) is 1. The van der Waals surface area contributed by atoms with E-state index in [9.17, 15) is 9.90 Å². The van der Waals surface area contributed by atoms with Crippen molar-refractivity contribution in [3.8, 4) is 0 Å². The highest BCUT2D eigenvalue weighted by Gasteiger charge is 2.39. The minimum atomic E-state index is -0.818. The Morgan fingerprint density at radius 2 is 1.86 bits per heavy atom. The molecule has 21 heavy (non-hydrogen) atoms. The number of carboxylic acids is 1. The van der Waals surface area contributed by atoms with Gasteiger partial charge in [0.1, 0.15) is 12.7 Å². The smallest absolute Gasteiger partial charge is 0.359 e. The quantitative estimate of drug-likeness (QED) is 0.382. The first kappa shape index (κ1) is 18.0. The minimum Gasteiger partial charge on any atom is -0.477 e. The Balaban J connectivity index is 2.33. The molecule has 3 N–H and O–H groups in total. The summed E-state index contributed by atoms with van der Waals surface area (Å²) >= 11 is 0. The molecule has 1 aliphatic heterocycles. The second-order valence-electron chi connectivity index (χ2n) is 6.01. The van der Waals surface area contributed by atoms with Gasteiger partial charge >= 0.3 is 5.97 Å². The highest BCUT2D eigenvalue weighted by Crippen LogP contribution is 2.23. The molecule has 0 saturated heterocycles. The molecular weight excluding hydrogens is 268 g/mol. The zero-order valence-electron chi connectivity index (χ0n) is 13.3. The summed E-state index contributed by atoms with van der Waals surface area (Å²) in [5, 5.41) is 21.6. The van der Waals surface area contributed by atoms with Crippen molar-refractivity contribution in [2.24, 2.45) is 0 Å². The predicted octanol–water partition coefficient (Wildman–Crippen LogP) is 2.42. The number of quaternary nitrogens is 1. The Kier molecular flexibility index (Phi) is 8.38. The van der Waals surface area contributed by atoms with Crippen LogP contribution in [0.15, 0.2) is 12.4 Å². The van der Waals surface area contributed by atoms with Gasteiger partial charge in [0, 0.05) is 6.42 Å². The highest BCUT2D eigenvalue weighted by atomic mass is 16.4. The van der Waals surface area contributed by atoms with Gasteiger partial charge < -0.3 is 15.5 Å². The van der Waals surface area contributed by atoms with Gasteiger partial charge in [0.25, 0.3) is 0 Å². The van der Waals surface area contributed by atoms with Crippen LogP contribution in [-0.2, 0) is 4.79 Å². The first-order chi connectivity index (χ1) is 10.1. The average Bonchev–Trinajstić information content (AvgIpc) is 2.80. The number of nitrogens with zero attached hydrogens (tertiary/aromatic N) is 1. The summed E-state index contributed by atoms with van der Waals surface area (Å²) in [7, 11) is 0. The van der Waals surface area contributed by atoms with Crippen molar-refractivity contribution in [2.45, 2.75) is 64.5 Å². The van der Waals surface area contributed by atoms with Crippen molar-refractivity contribution in [3.05, 3.63) is 12.4 Å². The number of aliphatic hydroxyl groups is 1. The Labute approximate surface area is 128 Å². The van der Waals surface area contributed by atoms with E-state index in [2.05, 4.69) is 12.2 Å². The molecule has 0 aromatic carbocycles. The number of rotatable bonds is 12. The third-order valence-electron chi connectivity index (χ3n) is 4.31. The molecule has 122 valence electrons. The summed E-state index contributed by atoms with van der Waals surface area (Å²) in [6, 6.07) is 0. The molecule has 0 amide bonds. The monoisotopic (exact) mass is 299 g/mol. The maximum Gasteiger partial charge on any atom is 0.359 e. The third kappa shape index (κ3) is 6.06. The van der Waals surface area contributed by atoms with Crippen molar-refractivity contribution in [2.75, 3.05) is 19.7 Å². The zero-order valence-corrected chi connectivity index (χ0v) is 13.3. The molecule has 0 radical (unpaired) electrons. The van der Waals surface area contributed by atoms with Gasteiger partial charge in [0.15, 0.2) is 12.7 Å². The lowest BCUT2D eigenvalue weighted by Gasteiger charge is -2.36. The van der Waals surface area contributed by atoms with Crippen LogP contribution < -0.4 is 5.32 Å². The Bertz CT molecular complexity index is 333. The van der Waals surface area contributed by atoms with Gasteiger partial charge in [-0.15, -0.1) is 0 Å². The van der Waals surface area contributed by atoms with Crippen LogP contribution in [0.2, 0.25) is 0 Å². The fourth-order valence-electron chi connectivity index (χ4n) is 3.10. The summed E-state index contributed by atoms with van der Waals surface area (Å²) in [5.74, 6) is -0.818. The molecule has 5 heteroatoms. The van der Waals surface area contributed by atoms with E-state index in [1.807, 2.05) is 12.4 Å². The number of aliphatic hydroxyl groups excluding tert-OH is 1. The molecule has 0 aliphatic carbocycles. The molecule has 0 spiro atoms. The van der Waals surface area contributed by atoms with Crippen molar-refractivity contribution in [3.63, 3.8) is 0 Å². The number of unbranched alkanes of at least 4 members (excludes halogenated alkanes) is 6. The number of aliphatic carboxylic acids is 1. The molecule has 0 saturated carbocycles. The third-order valence-corrected chi connectivity index (χ3v) is 4.31. The maximum absolute atomic E-state index is 11.1. The van der Waals surface area contributed by atoms with E-state index < -0.39 is 5.97 Å². The van der Waals surface area contributed by atoms with E-state index in [1.165, 1.54) is 38.5 Å². The summed E-state index contributed by atoms with van der Waals surface area (Å²) in [6.45, 7) is 2.72. The topological polar surface area (TPSA) is 69.6 Å². The van der Waals surface area contributed by atoms with E-state index in [0.29, 0.717) is 11.0 Å². The van der Waals surface area contributed by atoms with Gasteiger partial charge in [-0.05, 0) is 6.42 Å². The van der Waals surface area contributed by atoms with E-state index in [-0.39, 0.29) is 19.3 Å². The van der Waals surface area contributed by atoms with E-state index in [4.69, 9.17) is 5.11 Å². The van der Waals surface area contributed by atoms with Crippen LogP contribution >= 0.6 is 0 Å². The van der Waals surface area contributed by atoms with Gasteiger partial charge in [0.05, 0.1) is 12.8 Å². The van der Waals surface area contributed by atoms with Crippen LogP contribution in [0, 0.1) is 0 Å². The van der Waals surface area contributed by atoms with Crippen molar-refractivity contribution in [1.29, 1.82) is 0 Å². The largest absolute Gasteiger partial charge is 0.477 e. The second-order valence-corrected chi connectivity index (χ2v) is 6.01. The lowest BCUT2D eigenvalue weighted by Crippen LogP contribution is -2.56. The predicted molar refractivity (Wildman–Crippen MR) is 83.4 cm³/mol. The molecule has 5 nitrogen and oxygen atoms in total. The van der Waals surface area contributed by atoms with Crippen LogP contribution in [0.4, 0.5) is 0 Å². The molecule has 1 heterocycles. The van der Waals surface area contributed by atoms with Crippen LogP contribution in [0.25, 0.3) is 0 Å². The first-order valence-corrected chi connectivity index (χ1v) is 8.27. The van der Waals surface area contributed by atoms with E-state index in [0.717, 1.165) is 12.8 Å². The number of hydrogen-bond donors (Lipinski definition) is 3. The molecule has 0 bridgehead atoms. The first-order valence-electron chi connectivity index (χ1n) is 8.27. The van der Waals surface area contributed by atoms with Gasteiger partial charge in [-0.3, -0.25) is 4.48 Å². The SMILES string of the molecule is CCCCCCCCCC1NC=C[N+]1(CCO)CC(=O)O. The van der Waals surface area contributed by atoms with Crippen LogP contribution in [0.3, 0.4) is 0 Å². The van der Waals surface area contributed by atoms with Crippen molar-refractivity contribution < 1.29 is 19.5 Å². The van der Waals surface area contributed by atoms with E-state index >= 15 is 0 Å². The normalized spacial score (nSPS) is 24.2. The number of hydrogen-bond acceptors (Lipinski definition) is 3. The van der Waals surface area contributed by atoms with Gasteiger partial charge in [-0.2, -0.15) is 0 Å². The van der Waals surface area contributed by atoms with Crippen LogP contribution in [0.1, 0.15) is 58.3 Å². The van der Waals surface area contributed by atoms with Crippen molar-refractivity contribution >= 4 is 5.97 Å². The highest BCUT2D eigenvalue weighted by molar-refractivity contribution is 5.68. The molecule has 1 aliphatic rings. The summed E-state index contributed by atoms with van der Waals surface area (Å²) < 4.78 is 0.321. The molecule has 2 atom stereocenters. The average molecular weight is 299 g/mol. The lowest BCUT2D eigenvalue weighted by atomic mass is 10.1. The molecule has 0 aromatic rings. The standard InChI is InChI=1S/C16H30N2O3/c1-2-3-4-5-6-7-8-9-15-17-10-11-18(15,12-13-19)14-16(20)21/h10-11,15,17,19H,2-9,12-14H2,1H3/p+1. The molecule has 1 rings (SSSR count). The van der Waals surface area contributed by atoms with E-state index in [1.54, 1.807) is 0 Å². The van der Waals surface area contributed by atoms with Crippen molar-refractivity contribution in [1.82, 2.24) is 5.32 Å². The lowest BCUT2D eigenvalue weighted by molar-refractivity contribution is -0.894. The Morgan fingerprint density at radius 3 is 2.48 bits per heavy atom. The molecule has 2 unspecified atom stereocenters. The summed E-state index contributed by atoms with van der Waals surface area (Å²) in [5.41, 5.74) is 0. The number of carbonyl (C=O) groups is 1. The molecule has 0 aromatic heterocycles. The minimum absolute atomic E-state index is 0.00676. The number of nitrogens with one attached hydrogen (secondary N) is 1. The molecular formula is C16H31N2O3+. The maximum atomic E-state index is 11.1. The zero-order chi connectivity index (χ0) is 15.6. The summed E-state index contributed by atoms with van der Waals surface area (Å²) in [6.07, 6.45) is 13.6. The van der Waals surface area contributed by atoms with Gasteiger partial charge in [-0.25, -0.2) is 4.79 Å². The fraction of sp³-hybridized carbons (Fsp3) is 0.812. The van der Waals surface area contributed by atoms with Crippen LogP contribution in [-0.4, -0.2) is 46.5 Å². The van der Waals surface area contributed by atoms with Gasteiger partial charge in [0.2, 0.25) is 0 Å². The second kappa shape index (κ2) is 9.79.